The summed E-state index contributed by atoms with van der Waals surface area (Å²) < 4.78 is 5.30. The average molecular weight is 262 g/mol. The number of rotatable bonds is 8. The maximum atomic E-state index is 11.5. The smallest absolute Gasteiger partial charge is 0.221 e. The van der Waals surface area contributed by atoms with Gasteiger partial charge in [0.15, 0.2) is 0 Å². The molecule has 0 bridgehead atoms. The van der Waals surface area contributed by atoms with Crippen LogP contribution in [0.3, 0.4) is 0 Å². The molecule has 1 aliphatic rings. The van der Waals surface area contributed by atoms with Crippen molar-refractivity contribution >= 4 is 5.91 Å². The fourth-order valence-corrected chi connectivity index (χ4v) is 1.99. The summed E-state index contributed by atoms with van der Waals surface area (Å²) in [5, 5.41) is 6.28. The minimum atomic E-state index is 0.160. The molecule has 0 radical (unpaired) electrons. The van der Waals surface area contributed by atoms with E-state index in [-0.39, 0.29) is 5.91 Å². The van der Waals surface area contributed by atoms with Crippen molar-refractivity contribution in [1.29, 1.82) is 0 Å². The van der Waals surface area contributed by atoms with Crippen LogP contribution in [0.25, 0.3) is 0 Å². The summed E-state index contributed by atoms with van der Waals surface area (Å²) >= 11 is 0. The Bertz CT molecular complexity index is 416. The molecule has 0 spiro atoms. The zero-order chi connectivity index (χ0) is 13.5. The molecule has 1 fully saturated rings. The molecule has 1 aromatic rings. The van der Waals surface area contributed by atoms with Crippen molar-refractivity contribution < 1.29 is 9.53 Å². The van der Waals surface area contributed by atoms with Crippen LogP contribution in [-0.4, -0.2) is 32.1 Å². The minimum Gasteiger partial charge on any atom is -0.496 e. The maximum absolute atomic E-state index is 11.5. The maximum Gasteiger partial charge on any atom is 0.221 e. The molecule has 4 nitrogen and oxygen atoms in total. The number of carbonyl (C=O) groups excluding carboxylic acids is 1. The molecule has 0 saturated heterocycles. The van der Waals surface area contributed by atoms with Crippen molar-refractivity contribution in [3.05, 3.63) is 29.8 Å². The second kappa shape index (κ2) is 7.14. The number of amides is 1. The summed E-state index contributed by atoms with van der Waals surface area (Å²) in [4.78, 5) is 11.5. The molecule has 0 atom stereocenters. The lowest BCUT2D eigenvalue weighted by Gasteiger charge is -2.09. The van der Waals surface area contributed by atoms with E-state index >= 15 is 0 Å². The van der Waals surface area contributed by atoms with E-state index in [1.807, 2.05) is 18.2 Å². The highest BCUT2D eigenvalue weighted by Gasteiger charge is 2.22. The highest BCUT2D eigenvalue weighted by Crippen LogP contribution is 2.18. The molecule has 2 rings (SSSR count). The largest absolute Gasteiger partial charge is 0.496 e. The van der Waals surface area contributed by atoms with Crippen molar-refractivity contribution in [2.75, 3.05) is 20.2 Å². The van der Waals surface area contributed by atoms with Gasteiger partial charge in [0.2, 0.25) is 5.91 Å². The van der Waals surface area contributed by atoms with Gasteiger partial charge in [0.05, 0.1) is 7.11 Å². The Morgan fingerprint density at radius 3 is 2.84 bits per heavy atom. The van der Waals surface area contributed by atoms with E-state index in [9.17, 15) is 4.79 Å². The standard InChI is InChI=1S/C15H22N2O2/c1-19-14-5-3-2-4-12(14)8-10-16-11-9-15(18)17-13-6-7-13/h2-5,13,16H,6-11H2,1H3,(H,17,18). The Hall–Kier alpha value is -1.55. The van der Waals surface area contributed by atoms with Gasteiger partial charge in [-0.25, -0.2) is 0 Å². The fraction of sp³-hybridized carbons (Fsp3) is 0.533. The SMILES string of the molecule is COc1ccccc1CCNCCC(=O)NC1CC1. The first kappa shape index (κ1) is 13.9. The molecule has 0 heterocycles. The molecule has 4 heteroatoms. The predicted molar refractivity (Wildman–Crippen MR) is 75.3 cm³/mol. The number of carbonyl (C=O) groups is 1. The molecule has 0 aliphatic heterocycles. The van der Waals surface area contributed by atoms with Gasteiger partial charge in [0.1, 0.15) is 5.75 Å². The number of hydrogen-bond donors (Lipinski definition) is 2. The van der Waals surface area contributed by atoms with Gasteiger partial charge in [-0.3, -0.25) is 4.79 Å². The molecule has 0 unspecified atom stereocenters. The summed E-state index contributed by atoms with van der Waals surface area (Å²) in [5.74, 6) is 1.09. The van der Waals surface area contributed by atoms with E-state index in [0.717, 1.165) is 38.1 Å². The van der Waals surface area contributed by atoms with Crippen LogP contribution in [0.5, 0.6) is 5.75 Å². The molecule has 2 N–H and O–H groups in total. The molecule has 1 amide bonds. The van der Waals surface area contributed by atoms with Crippen LogP contribution in [-0.2, 0) is 11.2 Å². The topological polar surface area (TPSA) is 50.4 Å². The first-order valence-electron chi connectivity index (χ1n) is 6.91. The Kier molecular flexibility index (Phi) is 5.21. The average Bonchev–Trinajstić information content (AvgIpc) is 3.22. The predicted octanol–water partition coefficient (Wildman–Crippen LogP) is 1.50. The molecule has 19 heavy (non-hydrogen) atoms. The van der Waals surface area contributed by atoms with Gasteiger partial charge >= 0.3 is 0 Å². The first-order chi connectivity index (χ1) is 9.29. The number of para-hydroxylation sites is 1. The highest BCUT2D eigenvalue weighted by molar-refractivity contribution is 5.76. The normalized spacial score (nSPS) is 14.2. The van der Waals surface area contributed by atoms with Crippen LogP contribution >= 0.6 is 0 Å². The molecular weight excluding hydrogens is 240 g/mol. The van der Waals surface area contributed by atoms with Gasteiger partial charge in [0, 0.05) is 19.0 Å². The Balaban J connectivity index is 1.59. The van der Waals surface area contributed by atoms with Gasteiger partial charge in [-0.05, 0) is 37.4 Å². The lowest BCUT2D eigenvalue weighted by Crippen LogP contribution is -2.29. The lowest BCUT2D eigenvalue weighted by molar-refractivity contribution is -0.121. The Morgan fingerprint density at radius 1 is 1.32 bits per heavy atom. The van der Waals surface area contributed by atoms with Crippen molar-refractivity contribution in [3.63, 3.8) is 0 Å². The van der Waals surface area contributed by atoms with E-state index in [0.29, 0.717) is 12.5 Å². The molecular formula is C15H22N2O2. The van der Waals surface area contributed by atoms with Gasteiger partial charge in [-0.15, -0.1) is 0 Å². The van der Waals surface area contributed by atoms with Crippen LogP contribution < -0.4 is 15.4 Å². The van der Waals surface area contributed by atoms with Crippen LogP contribution in [0, 0.1) is 0 Å². The third-order valence-electron chi connectivity index (χ3n) is 3.23. The summed E-state index contributed by atoms with van der Waals surface area (Å²) in [6.07, 6.45) is 3.76. The molecule has 1 aliphatic carbocycles. The van der Waals surface area contributed by atoms with E-state index in [2.05, 4.69) is 16.7 Å². The zero-order valence-corrected chi connectivity index (χ0v) is 11.4. The fourth-order valence-electron chi connectivity index (χ4n) is 1.99. The molecule has 104 valence electrons. The van der Waals surface area contributed by atoms with Crippen LogP contribution in [0.2, 0.25) is 0 Å². The van der Waals surface area contributed by atoms with Gasteiger partial charge in [-0.1, -0.05) is 18.2 Å². The first-order valence-corrected chi connectivity index (χ1v) is 6.91. The highest BCUT2D eigenvalue weighted by atomic mass is 16.5. The van der Waals surface area contributed by atoms with Crippen molar-refractivity contribution in [2.45, 2.75) is 31.7 Å². The molecule has 1 aromatic carbocycles. The Labute approximate surface area is 114 Å². The Morgan fingerprint density at radius 2 is 2.11 bits per heavy atom. The number of benzene rings is 1. The van der Waals surface area contributed by atoms with Crippen LogP contribution in [0.4, 0.5) is 0 Å². The van der Waals surface area contributed by atoms with E-state index in [1.54, 1.807) is 7.11 Å². The van der Waals surface area contributed by atoms with E-state index < -0.39 is 0 Å². The summed E-state index contributed by atoms with van der Waals surface area (Å²) in [6.45, 7) is 1.59. The molecule has 1 saturated carbocycles. The van der Waals surface area contributed by atoms with Crippen LogP contribution in [0.15, 0.2) is 24.3 Å². The van der Waals surface area contributed by atoms with E-state index in [4.69, 9.17) is 4.74 Å². The number of hydrogen-bond acceptors (Lipinski definition) is 3. The van der Waals surface area contributed by atoms with Gasteiger partial charge < -0.3 is 15.4 Å². The second-order valence-corrected chi connectivity index (χ2v) is 4.90. The summed E-state index contributed by atoms with van der Waals surface area (Å²) in [7, 11) is 1.69. The van der Waals surface area contributed by atoms with Crippen molar-refractivity contribution in [1.82, 2.24) is 10.6 Å². The minimum absolute atomic E-state index is 0.160. The monoisotopic (exact) mass is 262 g/mol. The number of ether oxygens (including phenoxy) is 1. The van der Waals surface area contributed by atoms with Crippen molar-refractivity contribution in [3.8, 4) is 5.75 Å². The zero-order valence-electron chi connectivity index (χ0n) is 11.4. The van der Waals surface area contributed by atoms with Gasteiger partial charge in [0.25, 0.3) is 0 Å². The summed E-state index contributed by atoms with van der Waals surface area (Å²) in [6, 6.07) is 8.48. The number of methoxy groups -OCH3 is 1. The third-order valence-corrected chi connectivity index (χ3v) is 3.23. The summed E-state index contributed by atoms with van der Waals surface area (Å²) in [5.41, 5.74) is 1.19. The quantitative estimate of drug-likeness (QED) is 0.698. The third kappa shape index (κ3) is 4.91. The van der Waals surface area contributed by atoms with Gasteiger partial charge in [-0.2, -0.15) is 0 Å². The van der Waals surface area contributed by atoms with Crippen molar-refractivity contribution in [2.24, 2.45) is 0 Å². The molecule has 0 aromatic heterocycles. The van der Waals surface area contributed by atoms with E-state index in [1.165, 1.54) is 5.56 Å². The van der Waals surface area contributed by atoms with Crippen LogP contribution in [0.1, 0.15) is 24.8 Å². The second-order valence-electron chi connectivity index (χ2n) is 4.90. The number of nitrogens with one attached hydrogen (secondary N) is 2. The lowest BCUT2D eigenvalue weighted by atomic mass is 10.1.